The molecule has 130 valence electrons. The van der Waals surface area contributed by atoms with Crippen LogP contribution in [0, 0.1) is 0 Å². The third-order valence-corrected chi connectivity index (χ3v) is 4.28. The lowest BCUT2D eigenvalue weighted by atomic mass is 10.0. The topological polar surface area (TPSA) is 51.2 Å². The van der Waals surface area contributed by atoms with Crippen LogP contribution in [0.3, 0.4) is 0 Å². The summed E-state index contributed by atoms with van der Waals surface area (Å²) < 4.78 is 15.9. The maximum Gasteiger partial charge on any atom is 0.118 e. The second-order valence-electron chi connectivity index (χ2n) is 6.18. The lowest BCUT2D eigenvalue weighted by molar-refractivity contribution is -0.0406. The number of ether oxygens (including phenoxy) is 3. The van der Waals surface area contributed by atoms with E-state index in [4.69, 9.17) is 14.2 Å². The van der Waals surface area contributed by atoms with E-state index in [0.29, 0.717) is 25.8 Å². The number of aliphatic hydroxyl groups excluding tert-OH is 1. The molecule has 1 heterocycles. The van der Waals surface area contributed by atoms with Gasteiger partial charge in [-0.15, -0.1) is 0 Å². The number of rotatable bonds is 9. The summed E-state index contributed by atoms with van der Waals surface area (Å²) in [6.07, 6.45) is 1.81. The van der Waals surface area contributed by atoms with Crippen molar-refractivity contribution < 1.29 is 19.3 Å². The highest BCUT2D eigenvalue weighted by Gasteiger charge is 2.27. The number of nitrogens with zero attached hydrogens (tertiary/aromatic N) is 1. The summed E-state index contributed by atoms with van der Waals surface area (Å²) in [5.41, 5.74) is 1.28. The molecule has 0 saturated carbocycles. The molecule has 1 aromatic rings. The van der Waals surface area contributed by atoms with Gasteiger partial charge < -0.3 is 19.3 Å². The summed E-state index contributed by atoms with van der Waals surface area (Å²) in [5.74, 6) is 0.874. The van der Waals surface area contributed by atoms with Crippen LogP contribution in [0.5, 0.6) is 5.75 Å². The van der Waals surface area contributed by atoms with Gasteiger partial charge in [0.1, 0.15) is 5.75 Å². The van der Waals surface area contributed by atoms with Gasteiger partial charge in [0.15, 0.2) is 0 Å². The first-order valence-corrected chi connectivity index (χ1v) is 8.30. The average molecular weight is 323 g/mol. The fourth-order valence-corrected chi connectivity index (χ4v) is 3.13. The van der Waals surface area contributed by atoms with Gasteiger partial charge in [-0.1, -0.05) is 12.1 Å². The molecule has 5 nitrogen and oxygen atoms in total. The minimum atomic E-state index is -0.479. The molecular weight excluding hydrogens is 294 g/mol. The summed E-state index contributed by atoms with van der Waals surface area (Å²) in [7, 11) is 3.33. The van der Waals surface area contributed by atoms with E-state index in [1.165, 1.54) is 5.56 Å². The Labute approximate surface area is 139 Å². The highest BCUT2D eigenvalue weighted by Crippen LogP contribution is 2.32. The molecular formula is C18H29NO4. The number of β-amino-alcohol motifs (C(OH)–C–C–N with tert-alkyl or cyclic N) is 1. The molecule has 0 amide bonds. The smallest absolute Gasteiger partial charge is 0.118 e. The van der Waals surface area contributed by atoms with Crippen molar-refractivity contribution in [3.8, 4) is 5.75 Å². The van der Waals surface area contributed by atoms with Crippen LogP contribution in [-0.2, 0) is 9.47 Å². The van der Waals surface area contributed by atoms with Crippen LogP contribution in [0.25, 0.3) is 0 Å². The Morgan fingerprint density at radius 1 is 1.22 bits per heavy atom. The Hall–Kier alpha value is -1.14. The van der Waals surface area contributed by atoms with Crippen LogP contribution < -0.4 is 4.74 Å². The third-order valence-electron chi connectivity index (χ3n) is 4.28. The summed E-state index contributed by atoms with van der Waals surface area (Å²) in [4.78, 5) is 2.34. The summed E-state index contributed by atoms with van der Waals surface area (Å²) >= 11 is 0. The monoisotopic (exact) mass is 323 g/mol. The molecule has 1 aliphatic rings. The Kier molecular flexibility index (Phi) is 7.30. The molecule has 0 bridgehead atoms. The fourth-order valence-electron chi connectivity index (χ4n) is 3.13. The normalized spacial score (nSPS) is 21.3. The lowest BCUT2D eigenvalue weighted by Crippen LogP contribution is -2.35. The second kappa shape index (κ2) is 9.23. The minimum Gasteiger partial charge on any atom is -0.497 e. The highest BCUT2D eigenvalue weighted by atomic mass is 16.5. The van der Waals surface area contributed by atoms with Gasteiger partial charge >= 0.3 is 0 Å². The Bertz CT molecular complexity index is 451. The van der Waals surface area contributed by atoms with E-state index in [2.05, 4.69) is 17.0 Å². The number of hydrogen-bond acceptors (Lipinski definition) is 5. The van der Waals surface area contributed by atoms with E-state index >= 15 is 0 Å². The predicted octanol–water partition coefficient (Wildman–Crippen LogP) is 2.24. The first-order chi connectivity index (χ1) is 11.1. The van der Waals surface area contributed by atoms with Crippen molar-refractivity contribution >= 4 is 0 Å². The van der Waals surface area contributed by atoms with E-state index in [9.17, 15) is 5.11 Å². The zero-order valence-electron chi connectivity index (χ0n) is 14.4. The van der Waals surface area contributed by atoms with E-state index in [1.807, 2.05) is 19.1 Å². The van der Waals surface area contributed by atoms with E-state index < -0.39 is 6.10 Å². The van der Waals surface area contributed by atoms with Crippen molar-refractivity contribution in [2.45, 2.75) is 38.0 Å². The largest absolute Gasteiger partial charge is 0.497 e. The number of benzene rings is 1. The van der Waals surface area contributed by atoms with Crippen LogP contribution in [0.2, 0.25) is 0 Å². The Morgan fingerprint density at radius 2 is 1.96 bits per heavy atom. The zero-order valence-corrected chi connectivity index (χ0v) is 14.4. The van der Waals surface area contributed by atoms with E-state index in [-0.39, 0.29) is 6.10 Å². The van der Waals surface area contributed by atoms with Gasteiger partial charge in [-0.25, -0.2) is 0 Å². The van der Waals surface area contributed by atoms with Gasteiger partial charge in [-0.2, -0.15) is 0 Å². The molecule has 23 heavy (non-hydrogen) atoms. The van der Waals surface area contributed by atoms with Crippen LogP contribution in [0.1, 0.15) is 31.4 Å². The number of methoxy groups -OCH3 is 2. The molecule has 0 aliphatic carbocycles. The van der Waals surface area contributed by atoms with Gasteiger partial charge in [0.2, 0.25) is 0 Å². The van der Waals surface area contributed by atoms with Gasteiger partial charge in [0.05, 0.1) is 32.5 Å². The molecule has 0 unspecified atom stereocenters. The molecule has 0 spiro atoms. The molecule has 0 radical (unpaired) electrons. The van der Waals surface area contributed by atoms with Crippen molar-refractivity contribution in [3.05, 3.63) is 29.8 Å². The van der Waals surface area contributed by atoms with Crippen molar-refractivity contribution in [2.24, 2.45) is 0 Å². The lowest BCUT2D eigenvalue weighted by Gasteiger charge is -2.27. The standard InChI is InChI=1S/C18H29NO4/c1-14(12-21-2)23-13-16(20)11-19-10-4-5-18(19)15-6-8-17(22-3)9-7-15/h6-9,14,16,18,20H,4-5,10-13H2,1-3H3/t14-,16-,18+/m0/s1. The molecule has 2 rings (SSSR count). The summed E-state index contributed by atoms with van der Waals surface area (Å²) in [5, 5.41) is 10.2. The van der Waals surface area contributed by atoms with Crippen LogP contribution in [-0.4, -0.2) is 62.7 Å². The molecule has 5 heteroatoms. The molecule has 1 N–H and O–H groups in total. The van der Waals surface area contributed by atoms with Crippen LogP contribution in [0.15, 0.2) is 24.3 Å². The quantitative estimate of drug-likeness (QED) is 0.755. The summed E-state index contributed by atoms with van der Waals surface area (Å²) in [6, 6.07) is 8.60. The molecule has 3 atom stereocenters. The van der Waals surface area contributed by atoms with Crippen molar-refractivity contribution in [2.75, 3.05) is 40.5 Å². The highest BCUT2D eigenvalue weighted by molar-refractivity contribution is 5.29. The predicted molar refractivity (Wildman–Crippen MR) is 89.8 cm³/mol. The SMILES string of the molecule is COC[C@H](C)OC[C@@H](O)CN1CCC[C@@H]1c1ccc(OC)cc1. The molecule has 1 saturated heterocycles. The minimum absolute atomic E-state index is 0.00520. The van der Waals surface area contributed by atoms with Crippen molar-refractivity contribution in [3.63, 3.8) is 0 Å². The van der Waals surface area contributed by atoms with Gasteiger partial charge in [-0.05, 0) is 44.0 Å². The molecule has 1 fully saturated rings. The zero-order chi connectivity index (χ0) is 16.7. The first kappa shape index (κ1) is 18.2. The van der Waals surface area contributed by atoms with Crippen LogP contribution in [0.4, 0.5) is 0 Å². The maximum absolute atomic E-state index is 10.2. The average Bonchev–Trinajstić information content (AvgIpc) is 3.01. The third kappa shape index (κ3) is 5.46. The van der Waals surface area contributed by atoms with E-state index in [0.717, 1.165) is 25.1 Å². The number of hydrogen-bond donors (Lipinski definition) is 1. The number of likely N-dealkylation sites (tertiary alicyclic amines) is 1. The van der Waals surface area contributed by atoms with E-state index in [1.54, 1.807) is 14.2 Å². The van der Waals surface area contributed by atoms with Gasteiger partial charge in [0, 0.05) is 19.7 Å². The Morgan fingerprint density at radius 3 is 2.61 bits per heavy atom. The van der Waals surface area contributed by atoms with Crippen LogP contribution >= 0.6 is 0 Å². The molecule has 1 aliphatic heterocycles. The molecule has 1 aromatic carbocycles. The summed E-state index contributed by atoms with van der Waals surface area (Å²) in [6.45, 7) is 4.49. The number of aliphatic hydroxyl groups is 1. The van der Waals surface area contributed by atoms with Crippen molar-refractivity contribution in [1.29, 1.82) is 0 Å². The molecule has 0 aromatic heterocycles. The van der Waals surface area contributed by atoms with Gasteiger partial charge in [-0.3, -0.25) is 4.90 Å². The van der Waals surface area contributed by atoms with Gasteiger partial charge in [0.25, 0.3) is 0 Å². The first-order valence-electron chi connectivity index (χ1n) is 8.30. The van der Waals surface area contributed by atoms with Crippen molar-refractivity contribution in [1.82, 2.24) is 4.90 Å². The fraction of sp³-hybridized carbons (Fsp3) is 0.667. The maximum atomic E-state index is 10.2. The second-order valence-corrected chi connectivity index (χ2v) is 6.18. The Balaban J connectivity index is 1.85.